The number of carbonyl (C=O) groups is 2. The van der Waals surface area contributed by atoms with Crippen molar-refractivity contribution in [3.8, 4) is 0 Å². The van der Waals surface area contributed by atoms with E-state index in [-0.39, 0.29) is 30.0 Å². The first-order valence-corrected chi connectivity index (χ1v) is 7.96. The molecule has 1 atom stereocenters. The Balaban J connectivity index is 2.06. The molecular formula is C15H18N4O3S. The van der Waals surface area contributed by atoms with Gasteiger partial charge in [0.1, 0.15) is 10.7 Å². The Hall–Kier alpha value is -2.48. The smallest absolute Gasteiger partial charge is 0.307 e. The van der Waals surface area contributed by atoms with Crippen LogP contribution < -0.4 is 11.1 Å². The van der Waals surface area contributed by atoms with Crippen molar-refractivity contribution in [1.82, 2.24) is 9.97 Å². The van der Waals surface area contributed by atoms with E-state index in [1.54, 1.807) is 25.3 Å². The second-order valence-corrected chi connectivity index (χ2v) is 5.86. The molecule has 0 spiro atoms. The van der Waals surface area contributed by atoms with E-state index in [0.29, 0.717) is 22.2 Å². The number of pyridine rings is 1. The van der Waals surface area contributed by atoms with E-state index >= 15 is 0 Å². The molecule has 2 heterocycles. The fourth-order valence-corrected chi connectivity index (χ4v) is 2.87. The molecule has 2 rings (SSSR count). The van der Waals surface area contributed by atoms with E-state index in [0.717, 1.165) is 11.3 Å². The highest BCUT2D eigenvalue weighted by Gasteiger charge is 2.19. The molecule has 0 radical (unpaired) electrons. The molecule has 0 aromatic carbocycles. The van der Waals surface area contributed by atoms with E-state index in [9.17, 15) is 9.59 Å². The summed E-state index contributed by atoms with van der Waals surface area (Å²) in [5, 5.41) is 3.55. The lowest BCUT2D eigenvalue weighted by Crippen LogP contribution is -2.20. The summed E-state index contributed by atoms with van der Waals surface area (Å²) in [6.45, 7) is 3.94. The van der Waals surface area contributed by atoms with Gasteiger partial charge in [-0.25, -0.2) is 4.98 Å². The van der Waals surface area contributed by atoms with Crippen LogP contribution in [0.4, 0.5) is 10.9 Å². The average molecular weight is 334 g/mol. The first-order chi connectivity index (χ1) is 11.0. The number of hydrogen-bond acceptors (Lipinski definition) is 8. The van der Waals surface area contributed by atoms with E-state index in [2.05, 4.69) is 15.3 Å². The molecule has 0 fully saturated rings. The van der Waals surface area contributed by atoms with Gasteiger partial charge >= 0.3 is 5.97 Å². The first-order valence-electron chi connectivity index (χ1n) is 7.14. The highest BCUT2D eigenvalue weighted by atomic mass is 32.1. The number of anilines is 2. The highest BCUT2D eigenvalue weighted by molar-refractivity contribution is 7.18. The molecule has 0 aliphatic heterocycles. The summed E-state index contributed by atoms with van der Waals surface area (Å²) >= 11 is 1.15. The summed E-state index contributed by atoms with van der Waals surface area (Å²) in [6.07, 6.45) is 3.29. The highest BCUT2D eigenvalue weighted by Crippen LogP contribution is 2.28. The van der Waals surface area contributed by atoms with Gasteiger partial charge < -0.3 is 15.8 Å². The van der Waals surface area contributed by atoms with E-state index in [4.69, 9.17) is 10.5 Å². The lowest BCUT2D eigenvalue weighted by molar-refractivity contribution is -0.143. The van der Waals surface area contributed by atoms with Crippen LogP contribution in [-0.4, -0.2) is 34.4 Å². The summed E-state index contributed by atoms with van der Waals surface area (Å²) in [7, 11) is 0. The fraction of sp³-hybridized carbons (Fsp3) is 0.333. The Labute approximate surface area is 137 Å². The van der Waals surface area contributed by atoms with Crippen molar-refractivity contribution in [2.75, 3.05) is 17.7 Å². The summed E-state index contributed by atoms with van der Waals surface area (Å²) in [5.74, 6) is -0.349. The quantitative estimate of drug-likeness (QED) is 0.590. The van der Waals surface area contributed by atoms with Crippen molar-refractivity contribution in [2.24, 2.45) is 0 Å². The van der Waals surface area contributed by atoms with Crippen LogP contribution in [0.5, 0.6) is 0 Å². The van der Waals surface area contributed by atoms with Crippen LogP contribution in [0.25, 0.3) is 0 Å². The van der Waals surface area contributed by atoms with Crippen LogP contribution in [0, 0.1) is 0 Å². The number of esters is 1. The number of nitrogens with two attached hydrogens (primary N) is 1. The third-order valence-corrected chi connectivity index (χ3v) is 3.93. The predicted octanol–water partition coefficient (Wildman–Crippen LogP) is 2.10. The molecule has 0 aliphatic rings. The zero-order chi connectivity index (χ0) is 16.8. The molecule has 2 aromatic heterocycles. The van der Waals surface area contributed by atoms with E-state index in [1.165, 1.54) is 6.20 Å². The van der Waals surface area contributed by atoms with Crippen LogP contribution in [0.15, 0.2) is 24.5 Å². The van der Waals surface area contributed by atoms with Gasteiger partial charge in [0.15, 0.2) is 5.13 Å². The molecular weight excluding hydrogens is 316 g/mol. The number of nitrogens with zero attached hydrogens (tertiary/aromatic N) is 2. The van der Waals surface area contributed by atoms with Gasteiger partial charge in [0.2, 0.25) is 5.78 Å². The van der Waals surface area contributed by atoms with Crippen LogP contribution in [0.3, 0.4) is 0 Å². The fourth-order valence-electron chi connectivity index (χ4n) is 1.92. The Kier molecular flexibility index (Phi) is 5.64. The average Bonchev–Trinajstić information content (AvgIpc) is 2.87. The van der Waals surface area contributed by atoms with Gasteiger partial charge in [0, 0.05) is 24.0 Å². The largest absolute Gasteiger partial charge is 0.466 e. The van der Waals surface area contributed by atoms with Crippen molar-refractivity contribution >= 4 is 34.0 Å². The summed E-state index contributed by atoms with van der Waals surface area (Å²) in [5.41, 5.74) is 6.28. The first kappa shape index (κ1) is 16.9. The third kappa shape index (κ3) is 4.49. The maximum atomic E-state index is 12.4. The summed E-state index contributed by atoms with van der Waals surface area (Å²) in [4.78, 5) is 32.2. The van der Waals surface area contributed by atoms with Gasteiger partial charge in [-0.1, -0.05) is 11.3 Å². The van der Waals surface area contributed by atoms with Gasteiger partial charge in [-0.3, -0.25) is 14.6 Å². The number of nitrogens with one attached hydrogen (secondary N) is 1. The number of rotatable bonds is 7. The minimum absolute atomic E-state index is 0.162. The minimum Gasteiger partial charge on any atom is -0.466 e. The molecule has 0 saturated heterocycles. The number of ether oxygens (including phenoxy) is 1. The lowest BCUT2D eigenvalue weighted by Gasteiger charge is -2.11. The molecule has 1 unspecified atom stereocenters. The second kappa shape index (κ2) is 7.68. The second-order valence-electron chi connectivity index (χ2n) is 4.86. The Morgan fingerprint density at radius 1 is 1.48 bits per heavy atom. The van der Waals surface area contributed by atoms with Crippen molar-refractivity contribution in [2.45, 2.75) is 26.3 Å². The molecule has 0 amide bonds. The van der Waals surface area contributed by atoms with Gasteiger partial charge in [-0.05, 0) is 26.0 Å². The zero-order valence-corrected chi connectivity index (χ0v) is 13.7. The SMILES string of the molecule is CCOC(=O)CC(C)Nc1nc(N)c(C(=O)c2cccnc2)s1. The summed E-state index contributed by atoms with van der Waals surface area (Å²) < 4.78 is 4.89. The maximum absolute atomic E-state index is 12.4. The van der Waals surface area contributed by atoms with Crippen LogP contribution in [-0.2, 0) is 9.53 Å². The number of nitrogen functional groups attached to an aromatic ring is 1. The van der Waals surface area contributed by atoms with Gasteiger partial charge in [0.25, 0.3) is 0 Å². The van der Waals surface area contributed by atoms with Crippen LogP contribution >= 0.6 is 11.3 Å². The van der Waals surface area contributed by atoms with E-state index in [1.807, 2.05) is 6.92 Å². The third-order valence-electron chi connectivity index (χ3n) is 2.93. The monoisotopic (exact) mass is 334 g/mol. The maximum Gasteiger partial charge on any atom is 0.307 e. The molecule has 2 aromatic rings. The van der Waals surface area contributed by atoms with Gasteiger partial charge in [-0.2, -0.15) is 0 Å². The molecule has 8 heteroatoms. The number of hydrogen-bond donors (Lipinski definition) is 2. The Morgan fingerprint density at radius 2 is 2.26 bits per heavy atom. The molecule has 0 aliphatic carbocycles. The van der Waals surface area contributed by atoms with Gasteiger partial charge in [0.05, 0.1) is 13.0 Å². The predicted molar refractivity (Wildman–Crippen MR) is 88.5 cm³/mol. The van der Waals surface area contributed by atoms with E-state index < -0.39 is 0 Å². The molecule has 7 nitrogen and oxygen atoms in total. The minimum atomic E-state index is -0.288. The molecule has 3 N–H and O–H groups in total. The standard InChI is InChI=1S/C15H18N4O3S/c1-3-22-11(20)7-9(2)18-15-19-14(16)13(23-15)12(21)10-5-4-6-17-8-10/h4-6,8-9H,3,7,16H2,1-2H3,(H,18,19). The van der Waals surface area contributed by atoms with Crippen molar-refractivity contribution in [3.05, 3.63) is 35.0 Å². The van der Waals surface area contributed by atoms with Crippen molar-refractivity contribution in [3.63, 3.8) is 0 Å². The normalized spacial score (nSPS) is 11.7. The number of aromatic nitrogens is 2. The van der Waals surface area contributed by atoms with Gasteiger partial charge in [-0.15, -0.1) is 0 Å². The van der Waals surface area contributed by atoms with Crippen molar-refractivity contribution in [1.29, 1.82) is 0 Å². The van der Waals surface area contributed by atoms with Crippen LogP contribution in [0.2, 0.25) is 0 Å². The topological polar surface area (TPSA) is 107 Å². The Bertz CT molecular complexity index is 687. The number of ketones is 1. The molecule has 0 saturated carbocycles. The molecule has 23 heavy (non-hydrogen) atoms. The number of carbonyl (C=O) groups excluding carboxylic acids is 2. The summed E-state index contributed by atoms with van der Waals surface area (Å²) in [6, 6.07) is 3.18. The number of thiazole rings is 1. The Morgan fingerprint density at radius 3 is 2.91 bits per heavy atom. The molecule has 0 bridgehead atoms. The zero-order valence-electron chi connectivity index (χ0n) is 12.9. The lowest BCUT2D eigenvalue weighted by atomic mass is 10.2. The molecule has 122 valence electrons. The van der Waals surface area contributed by atoms with Crippen molar-refractivity contribution < 1.29 is 14.3 Å². The van der Waals surface area contributed by atoms with Crippen LogP contribution in [0.1, 0.15) is 35.5 Å².